The van der Waals surface area contributed by atoms with Gasteiger partial charge < -0.3 is 5.73 Å². The Morgan fingerprint density at radius 1 is 1.07 bits per heavy atom. The van der Waals surface area contributed by atoms with Crippen molar-refractivity contribution in [1.29, 1.82) is 0 Å². The molecule has 0 aliphatic carbocycles. The molecule has 0 unspecified atom stereocenters. The quantitative estimate of drug-likeness (QED) is 0.767. The van der Waals surface area contributed by atoms with Crippen LogP contribution >= 0.6 is 0 Å². The van der Waals surface area contributed by atoms with Crippen molar-refractivity contribution in [2.45, 2.75) is 13.8 Å². The van der Waals surface area contributed by atoms with Crippen molar-refractivity contribution in [3.63, 3.8) is 0 Å². The highest BCUT2D eigenvalue weighted by molar-refractivity contribution is 5.69. The zero-order valence-corrected chi connectivity index (χ0v) is 8.86. The molecule has 2 aromatic rings. The summed E-state index contributed by atoms with van der Waals surface area (Å²) in [5, 5.41) is 0. The molecule has 3 nitrogen and oxygen atoms in total. The molecular weight excluding hydrogens is 186 g/mol. The van der Waals surface area contributed by atoms with Gasteiger partial charge in [-0.1, -0.05) is 0 Å². The van der Waals surface area contributed by atoms with Gasteiger partial charge in [-0.3, -0.25) is 4.98 Å². The number of hydrogen-bond acceptors (Lipinski definition) is 3. The van der Waals surface area contributed by atoms with E-state index in [0.29, 0.717) is 5.82 Å². The number of pyridine rings is 2. The Kier molecular flexibility index (Phi) is 2.37. The van der Waals surface area contributed by atoms with Crippen molar-refractivity contribution in [3.8, 4) is 11.1 Å². The molecule has 0 amide bonds. The normalized spacial score (nSPS) is 10.3. The first-order chi connectivity index (χ1) is 7.18. The first-order valence-corrected chi connectivity index (χ1v) is 4.81. The van der Waals surface area contributed by atoms with Crippen molar-refractivity contribution < 1.29 is 0 Å². The van der Waals surface area contributed by atoms with E-state index in [1.54, 1.807) is 6.20 Å². The van der Waals surface area contributed by atoms with E-state index in [4.69, 9.17) is 5.73 Å². The van der Waals surface area contributed by atoms with E-state index >= 15 is 0 Å². The van der Waals surface area contributed by atoms with Gasteiger partial charge in [0.05, 0.1) is 0 Å². The van der Waals surface area contributed by atoms with E-state index in [1.165, 1.54) is 0 Å². The van der Waals surface area contributed by atoms with Crippen LogP contribution in [0.25, 0.3) is 11.1 Å². The van der Waals surface area contributed by atoms with Gasteiger partial charge in [-0.2, -0.15) is 0 Å². The molecular formula is C12H13N3. The van der Waals surface area contributed by atoms with Crippen LogP contribution in [0.2, 0.25) is 0 Å². The second-order valence-corrected chi connectivity index (χ2v) is 3.61. The smallest absolute Gasteiger partial charge is 0.123 e. The lowest BCUT2D eigenvalue weighted by atomic mass is 10.0. The molecule has 0 bridgehead atoms. The first kappa shape index (κ1) is 9.65. The molecule has 2 rings (SSSR count). The number of anilines is 1. The SMILES string of the molecule is Cc1cnccc1-c1cnc(N)cc1C. The molecule has 2 N–H and O–H groups in total. The highest BCUT2D eigenvalue weighted by Gasteiger charge is 2.05. The fraction of sp³-hybridized carbons (Fsp3) is 0.167. The summed E-state index contributed by atoms with van der Waals surface area (Å²) in [6.07, 6.45) is 5.45. The lowest BCUT2D eigenvalue weighted by molar-refractivity contribution is 1.24. The van der Waals surface area contributed by atoms with Gasteiger partial charge in [0.25, 0.3) is 0 Å². The maximum absolute atomic E-state index is 5.62. The van der Waals surface area contributed by atoms with Crippen LogP contribution in [-0.2, 0) is 0 Å². The topological polar surface area (TPSA) is 51.8 Å². The number of nitrogens with zero attached hydrogens (tertiary/aromatic N) is 2. The highest BCUT2D eigenvalue weighted by Crippen LogP contribution is 2.25. The Morgan fingerprint density at radius 2 is 1.87 bits per heavy atom. The standard InChI is InChI=1S/C12H13N3/c1-8-5-12(13)15-7-11(8)10-3-4-14-6-9(10)2/h3-7H,1-2H3,(H2,13,15). The molecule has 76 valence electrons. The molecule has 0 aliphatic heterocycles. The van der Waals surface area contributed by atoms with E-state index in [-0.39, 0.29) is 0 Å². The third-order valence-corrected chi connectivity index (χ3v) is 2.44. The Bertz CT molecular complexity index is 492. The van der Waals surface area contributed by atoms with Gasteiger partial charge in [0.1, 0.15) is 5.82 Å². The number of aryl methyl sites for hydroxylation is 2. The van der Waals surface area contributed by atoms with Crippen LogP contribution in [0.1, 0.15) is 11.1 Å². The molecule has 0 radical (unpaired) electrons. The van der Waals surface area contributed by atoms with Gasteiger partial charge >= 0.3 is 0 Å². The molecule has 15 heavy (non-hydrogen) atoms. The van der Waals surface area contributed by atoms with E-state index in [1.807, 2.05) is 38.4 Å². The van der Waals surface area contributed by atoms with Crippen molar-refractivity contribution in [3.05, 3.63) is 41.9 Å². The van der Waals surface area contributed by atoms with E-state index in [9.17, 15) is 0 Å². The van der Waals surface area contributed by atoms with Crippen LogP contribution in [0.3, 0.4) is 0 Å². The van der Waals surface area contributed by atoms with Gasteiger partial charge in [-0.15, -0.1) is 0 Å². The molecule has 0 saturated carbocycles. The Labute approximate surface area is 89.0 Å². The fourth-order valence-electron chi connectivity index (χ4n) is 1.64. The highest BCUT2D eigenvalue weighted by atomic mass is 14.8. The lowest BCUT2D eigenvalue weighted by Gasteiger charge is -2.08. The molecule has 0 fully saturated rings. The Balaban J connectivity index is 2.60. The minimum atomic E-state index is 0.558. The van der Waals surface area contributed by atoms with Crippen LogP contribution in [0.5, 0.6) is 0 Å². The second-order valence-electron chi connectivity index (χ2n) is 3.61. The summed E-state index contributed by atoms with van der Waals surface area (Å²) in [4.78, 5) is 8.19. The monoisotopic (exact) mass is 199 g/mol. The number of nitrogens with two attached hydrogens (primary N) is 1. The van der Waals surface area contributed by atoms with Gasteiger partial charge in [0.2, 0.25) is 0 Å². The van der Waals surface area contributed by atoms with Crippen LogP contribution in [0.15, 0.2) is 30.7 Å². The van der Waals surface area contributed by atoms with Crippen LogP contribution < -0.4 is 5.73 Å². The fourth-order valence-corrected chi connectivity index (χ4v) is 1.64. The number of aromatic nitrogens is 2. The molecule has 0 aliphatic rings. The molecule has 2 heterocycles. The number of hydrogen-bond donors (Lipinski definition) is 1. The van der Waals surface area contributed by atoms with Crippen LogP contribution in [-0.4, -0.2) is 9.97 Å². The second kappa shape index (κ2) is 3.69. The summed E-state index contributed by atoms with van der Waals surface area (Å²) in [6, 6.07) is 3.88. The number of rotatable bonds is 1. The molecule has 0 atom stereocenters. The summed E-state index contributed by atoms with van der Waals surface area (Å²) in [7, 11) is 0. The summed E-state index contributed by atoms with van der Waals surface area (Å²) in [5.74, 6) is 0.558. The largest absolute Gasteiger partial charge is 0.384 e. The average molecular weight is 199 g/mol. The van der Waals surface area contributed by atoms with Gasteiger partial charge in [0, 0.05) is 24.2 Å². The minimum absolute atomic E-state index is 0.558. The van der Waals surface area contributed by atoms with Gasteiger partial charge in [0.15, 0.2) is 0 Å². The van der Waals surface area contributed by atoms with E-state index in [0.717, 1.165) is 22.3 Å². The summed E-state index contributed by atoms with van der Waals surface area (Å²) < 4.78 is 0. The molecule has 0 aromatic carbocycles. The maximum Gasteiger partial charge on any atom is 0.123 e. The molecule has 0 spiro atoms. The lowest BCUT2D eigenvalue weighted by Crippen LogP contribution is -1.94. The van der Waals surface area contributed by atoms with E-state index < -0.39 is 0 Å². The Morgan fingerprint density at radius 3 is 2.53 bits per heavy atom. The summed E-state index contributed by atoms with van der Waals surface area (Å²) >= 11 is 0. The van der Waals surface area contributed by atoms with Crippen LogP contribution in [0, 0.1) is 13.8 Å². The average Bonchev–Trinajstić information content (AvgIpc) is 2.20. The van der Waals surface area contributed by atoms with Gasteiger partial charge in [-0.25, -0.2) is 4.98 Å². The van der Waals surface area contributed by atoms with Crippen molar-refractivity contribution in [1.82, 2.24) is 9.97 Å². The van der Waals surface area contributed by atoms with Gasteiger partial charge in [-0.05, 0) is 42.7 Å². The Hall–Kier alpha value is -1.90. The molecule has 2 aromatic heterocycles. The summed E-state index contributed by atoms with van der Waals surface area (Å²) in [6.45, 7) is 4.07. The maximum atomic E-state index is 5.62. The molecule has 0 saturated heterocycles. The predicted molar refractivity (Wildman–Crippen MR) is 61.4 cm³/mol. The van der Waals surface area contributed by atoms with Crippen molar-refractivity contribution >= 4 is 5.82 Å². The van der Waals surface area contributed by atoms with Crippen LogP contribution in [0.4, 0.5) is 5.82 Å². The summed E-state index contributed by atoms with van der Waals surface area (Å²) in [5.41, 5.74) is 10.2. The van der Waals surface area contributed by atoms with E-state index in [2.05, 4.69) is 9.97 Å². The molecule has 3 heteroatoms. The predicted octanol–water partition coefficient (Wildman–Crippen LogP) is 2.34. The minimum Gasteiger partial charge on any atom is -0.384 e. The first-order valence-electron chi connectivity index (χ1n) is 4.81. The van der Waals surface area contributed by atoms with Crippen molar-refractivity contribution in [2.24, 2.45) is 0 Å². The van der Waals surface area contributed by atoms with Crippen molar-refractivity contribution in [2.75, 3.05) is 5.73 Å². The third kappa shape index (κ3) is 1.81. The third-order valence-electron chi connectivity index (χ3n) is 2.44. The zero-order chi connectivity index (χ0) is 10.8. The number of nitrogen functional groups attached to an aromatic ring is 1. The zero-order valence-electron chi connectivity index (χ0n) is 8.86.